The van der Waals surface area contributed by atoms with E-state index in [1.807, 2.05) is 6.07 Å². The Bertz CT molecular complexity index is 368. The van der Waals surface area contributed by atoms with E-state index in [2.05, 4.69) is 41.7 Å². The van der Waals surface area contributed by atoms with Gasteiger partial charge in [-0.05, 0) is 30.9 Å². The Kier molecular flexibility index (Phi) is 7.43. The highest BCUT2D eigenvalue weighted by Crippen LogP contribution is 2.22. The number of rotatable bonds is 8. The normalized spacial score (nSPS) is 16.8. The first-order valence-electron chi connectivity index (χ1n) is 7.95. The molecule has 1 aromatic rings. The molecule has 0 spiro atoms. The highest BCUT2D eigenvalue weighted by molar-refractivity contribution is 5.48. The Morgan fingerprint density at radius 2 is 1.90 bits per heavy atom. The van der Waals surface area contributed by atoms with E-state index in [0.717, 1.165) is 19.1 Å². The fourth-order valence-electron chi connectivity index (χ4n) is 2.74. The minimum absolute atomic E-state index is 0.694. The Morgan fingerprint density at radius 1 is 1.10 bits per heavy atom. The number of ether oxygens (including phenoxy) is 1. The average Bonchev–Trinajstić information content (AvgIpc) is 2.52. The van der Waals surface area contributed by atoms with Crippen LogP contribution < -0.4 is 5.32 Å². The van der Waals surface area contributed by atoms with Crippen LogP contribution in [0.4, 0.5) is 0 Å². The van der Waals surface area contributed by atoms with Gasteiger partial charge in [0.2, 0.25) is 0 Å². The summed E-state index contributed by atoms with van der Waals surface area (Å²) in [7, 11) is 0. The van der Waals surface area contributed by atoms with E-state index in [0.29, 0.717) is 6.61 Å². The monoisotopic (exact) mass is 273 g/mol. The molecule has 0 aliphatic heterocycles. The van der Waals surface area contributed by atoms with Gasteiger partial charge in [0.25, 0.3) is 0 Å². The fourth-order valence-corrected chi connectivity index (χ4v) is 2.74. The maximum atomic E-state index is 5.60. The van der Waals surface area contributed by atoms with Crippen molar-refractivity contribution in [1.82, 2.24) is 5.32 Å². The van der Waals surface area contributed by atoms with Gasteiger partial charge in [-0.2, -0.15) is 0 Å². The van der Waals surface area contributed by atoms with Crippen LogP contribution in [0.15, 0.2) is 36.4 Å². The van der Waals surface area contributed by atoms with Gasteiger partial charge in [0.05, 0.1) is 13.2 Å². The molecule has 0 saturated heterocycles. The van der Waals surface area contributed by atoms with E-state index in [-0.39, 0.29) is 0 Å². The van der Waals surface area contributed by atoms with E-state index in [1.54, 1.807) is 0 Å². The van der Waals surface area contributed by atoms with Crippen molar-refractivity contribution in [2.45, 2.75) is 32.1 Å². The molecule has 20 heavy (non-hydrogen) atoms. The summed E-state index contributed by atoms with van der Waals surface area (Å²) in [6.07, 6.45) is 11.3. The summed E-state index contributed by atoms with van der Waals surface area (Å²) >= 11 is 0. The zero-order valence-electron chi connectivity index (χ0n) is 12.4. The zero-order valence-corrected chi connectivity index (χ0v) is 12.4. The molecule has 1 saturated carbocycles. The molecule has 2 nitrogen and oxygen atoms in total. The van der Waals surface area contributed by atoms with Crippen molar-refractivity contribution in [3.63, 3.8) is 0 Å². The maximum Gasteiger partial charge on any atom is 0.0651 e. The van der Waals surface area contributed by atoms with Crippen LogP contribution in [0.5, 0.6) is 0 Å². The van der Waals surface area contributed by atoms with Gasteiger partial charge in [-0.3, -0.25) is 0 Å². The molecule has 1 aromatic carbocycles. The second kappa shape index (κ2) is 9.73. The van der Waals surface area contributed by atoms with Crippen LogP contribution in [0.3, 0.4) is 0 Å². The summed E-state index contributed by atoms with van der Waals surface area (Å²) < 4.78 is 5.60. The first kappa shape index (κ1) is 15.3. The number of nitrogens with one attached hydrogen (secondary N) is 1. The first-order chi connectivity index (χ1) is 9.95. The predicted octanol–water partition coefficient (Wildman–Crippen LogP) is 3.89. The minimum Gasteiger partial charge on any atom is -0.376 e. The van der Waals surface area contributed by atoms with Crippen LogP contribution in [-0.2, 0) is 4.74 Å². The predicted molar refractivity (Wildman–Crippen MR) is 85.7 cm³/mol. The number of hydrogen-bond acceptors (Lipinski definition) is 2. The van der Waals surface area contributed by atoms with Gasteiger partial charge in [-0.25, -0.2) is 0 Å². The Morgan fingerprint density at radius 3 is 2.70 bits per heavy atom. The fraction of sp³-hybridized carbons (Fsp3) is 0.556. The standard InChI is InChI=1S/C18H27NO/c1-3-8-17(9-4-1)12-7-14-20-15-13-19-16-18-10-5-2-6-11-18/h1,3-4,7-9,12,18-19H,2,5-6,10-11,13-16H2. The van der Waals surface area contributed by atoms with Crippen LogP contribution in [-0.4, -0.2) is 26.3 Å². The van der Waals surface area contributed by atoms with Gasteiger partial charge < -0.3 is 10.1 Å². The summed E-state index contributed by atoms with van der Waals surface area (Å²) in [5.74, 6) is 0.904. The summed E-state index contributed by atoms with van der Waals surface area (Å²) in [4.78, 5) is 0. The molecule has 1 N–H and O–H groups in total. The van der Waals surface area contributed by atoms with Crippen molar-refractivity contribution >= 4 is 6.08 Å². The van der Waals surface area contributed by atoms with Crippen LogP contribution in [0.25, 0.3) is 6.08 Å². The van der Waals surface area contributed by atoms with Crippen molar-refractivity contribution in [2.24, 2.45) is 5.92 Å². The van der Waals surface area contributed by atoms with Crippen LogP contribution in [0.2, 0.25) is 0 Å². The lowest BCUT2D eigenvalue weighted by Gasteiger charge is -2.21. The molecule has 0 atom stereocenters. The summed E-state index contributed by atoms with van der Waals surface area (Å²) in [6, 6.07) is 10.3. The van der Waals surface area contributed by atoms with E-state index >= 15 is 0 Å². The number of hydrogen-bond donors (Lipinski definition) is 1. The SMILES string of the molecule is C(=Cc1ccccc1)COCCNCC1CCCCC1. The van der Waals surface area contributed by atoms with E-state index in [9.17, 15) is 0 Å². The van der Waals surface area contributed by atoms with Crippen molar-refractivity contribution in [3.8, 4) is 0 Å². The van der Waals surface area contributed by atoms with Crippen molar-refractivity contribution in [2.75, 3.05) is 26.3 Å². The smallest absolute Gasteiger partial charge is 0.0651 e. The largest absolute Gasteiger partial charge is 0.376 e. The van der Waals surface area contributed by atoms with Crippen molar-refractivity contribution in [3.05, 3.63) is 42.0 Å². The Labute approximate surface area is 123 Å². The zero-order chi connectivity index (χ0) is 13.9. The molecule has 0 amide bonds. The quantitative estimate of drug-likeness (QED) is 0.726. The molecular formula is C18H27NO. The lowest BCUT2D eigenvalue weighted by molar-refractivity contribution is 0.162. The minimum atomic E-state index is 0.694. The molecule has 2 rings (SSSR count). The molecule has 0 aromatic heterocycles. The van der Waals surface area contributed by atoms with Crippen LogP contribution in [0, 0.1) is 5.92 Å². The Hall–Kier alpha value is -1.12. The van der Waals surface area contributed by atoms with Crippen LogP contribution in [0.1, 0.15) is 37.7 Å². The average molecular weight is 273 g/mol. The molecule has 0 heterocycles. The topological polar surface area (TPSA) is 21.3 Å². The second-order valence-electron chi connectivity index (χ2n) is 5.60. The second-order valence-corrected chi connectivity index (χ2v) is 5.60. The molecular weight excluding hydrogens is 246 g/mol. The molecule has 2 heteroatoms. The molecule has 0 bridgehead atoms. The van der Waals surface area contributed by atoms with E-state index in [4.69, 9.17) is 4.74 Å². The van der Waals surface area contributed by atoms with Crippen molar-refractivity contribution in [1.29, 1.82) is 0 Å². The lowest BCUT2D eigenvalue weighted by Crippen LogP contribution is -2.27. The molecule has 1 aliphatic rings. The highest BCUT2D eigenvalue weighted by atomic mass is 16.5. The molecule has 0 unspecified atom stereocenters. The lowest BCUT2D eigenvalue weighted by atomic mass is 9.89. The van der Waals surface area contributed by atoms with Gasteiger partial charge >= 0.3 is 0 Å². The van der Waals surface area contributed by atoms with Gasteiger partial charge in [-0.15, -0.1) is 0 Å². The van der Waals surface area contributed by atoms with E-state index in [1.165, 1.54) is 44.2 Å². The maximum absolute atomic E-state index is 5.60. The summed E-state index contributed by atoms with van der Waals surface area (Å²) in [6.45, 7) is 3.63. The molecule has 0 radical (unpaired) electrons. The summed E-state index contributed by atoms with van der Waals surface area (Å²) in [5, 5.41) is 3.51. The van der Waals surface area contributed by atoms with E-state index < -0.39 is 0 Å². The third-order valence-electron chi connectivity index (χ3n) is 3.90. The number of benzene rings is 1. The van der Waals surface area contributed by atoms with Gasteiger partial charge in [0.15, 0.2) is 0 Å². The highest BCUT2D eigenvalue weighted by Gasteiger charge is 2.11. The third-order valence-corrected chi connectivity index (χ3v) is 3.90. The van der Waals surface area contributed by atoms with Crippen LogP contribution >= 0.6 is 0 Å². The first-order valence-corrected chi connectivity index (χ1v) is 7.95. The van der Waals surface area contributed by atoms with Gasteiger partial charge in [0.1, 0.15) is 0 Å². The van der Waals surface area contributed by atoms with Gasteiger partial charge in [-0.1, -0.05) is 61.7 Å². The molecule has 1 fully saturated rings. The van der Waals surface area contributed by atoms with Gasteiger partial charge in [0, 0.05) is 6.54 Å². The summed E-state index contributed by atoms with van der Waals surface area (Å²) in [5.41, 5.74) is 1.23. The third kappa shape index (κ3) is 6.36. The molecule has 1 aliphatic carbocycles. The Balaban J connectivity index is 1.44. The molecule has 110 valence electrons. The van der Waals surface area contributed by atoms with Crippen molar-refractivity contribution < 1.29 is 4.74 Å².